The van der Waals surface area contributed by atoms with Crippen LogP contribution in [0.1, 0.15) is 67.9 Å². The second-order valence-corrected chi connectivity index (χ2v) is 7.99. The van der Waals surface area contributed by atoms with Crippen LogP contribution < -0.4 is 11.1 Å². The molecule has 2 atom stereocenters. The van der Waals surface area contributed by atoms with Crippen molar-refractivity contribution in [1.29, 1.82) is 0 Å². The van der Waals surface area contributed by atoms with E-state index in [1.165, 1.54) is 0 Å². The molecule has 1 heterocycles. The molecule has 0 radical (unpaired) electrons. The molecule has 1 aromatic heterocycles. The van der Waals surface area contributed by atoms with Crippen LogP contribution in [0.15, 0.2) is 30.1 Å². The number of rotatable bonds is 5. The molecule has 2 aliphatic carbocycles. The number of nitrogens with zero attached hydrogens (tertiary/aromatic N) is 1. The molecule has 0 spiro atoms. The minimum Gasteiger partial charge on any atom is -0.388 e. The van der Waals surface area contributed by atoms with Crippen LogP contribution >= 0.6 is 0 Å². The van der Waals surface area contributed by atoms with Crippen LogP contribution in [0.3, 0.4) is 0 Å². The van der Waals surface area contributed by atoms with Gasteiger partial charge >= 0.3 is 0 Å². The third-order valence-corrected chi connectivity index (χ3v) is 6.23. The first-order valence-corrected chi connectivity index (χ1v) is 9.93. The second-order valence-electron chi connectivity index (χ2n) is 7.99. The molecule has 5 nitrogen and oxygen atoms in total. The fraction of sp³-hybridized carbons (Fsp3) is 0.619. The van der Waals surface area contributed by atoms with Crippen LogP contribution in [-0.2, 0) is 10.3 Å². The summed E-state index contributed by atoms with van der Waals surface area (Å²) in [6.45, 7) is 2.13. The summed E-state index contributed by atoms with van der Waals surface area (Å²) >= 11 is 0. The highest BCUT2D eigenvalue weighted by atomic mass is 19.3. The molecule has 1 amide bonds. The highest BCUT2D eigenvalue weighted by molar-refractivity contribution is 5.90. The van der Waals surface area contributed by atoms with Crippen molar-refractivity contribution in [3.63, 3.8) is 0 Å². The maximum Gasteiger partial charge on any atom is 0.267 e. The summed E-state index contributed by atoms with van der Waals surface area (Å²) in [5.74, 6) is -2.94. The van der Waals surface area contributed by atoms with Crippen LogP contribution in [0.4, 0.5) is 8.78 Å². The SMILES string of the molecule is COC1(c2ccnc(C(N)=O)c2)/C(=C/NC2CCC(F)(F)CC2)CCCC1C. The lowest BCUT2D eigenvalue weighted by molar-refractivity contribution is -0.0450. The predicted molar refractivity (Wildman–Crippen MR) is 103 cm³/mol. The monoisotopic (exact) mass is 393 g/mol. The van der Waals surface area contributed by atoms with Crippen molar-refractivity contribution in [3.8, 4) is 0 Å². The Hall–Kier alpha value is -2.02. The molecule has 0 aromatic carbocycles. The summed E-state index contributed by atoms with van der Waals surface area (Å²) in [6, 6.07) is 3.59. The number of methoxy groups -OCH3 is 1. The Kier molecular flexibility index (Phi) is 6.03. The van der Waals surface area contributed by atoms with Gasteiger partial charge in [0.2, 0.25) is 5.92 Å². The molecular formula is C21H29F2N3O2. The fourth-order valence-electron chi connectivity index (χ4n) is 4.63. The van der Waals surface area contributed by atoms with Crippen molar-refractivity contribution in [2.45, 2.75) is 69.4 Å². The molecule has 3 rings (SSSR count). The number of aromatic nitrogens is 1. The third kappa shape index (κ3) is 4.04. The molecule has 154 valence electrons. The maximum absolute atomic E-state index is 13.4. The number of ether oxygens (including phenoxy) is 1. The topological polar surface area (TPSA) is 77.2 Å². The van der Waals surface area contributed by atoms with Gasteiger partial charge in [-0.3, -0.25) is 9.78 Å². The van der Waals surface area contributed by atoms with Gasteiger partial charge in [0, 0.05) is 32.2 Å². The predicted octanol–water partition coefficient (Wildman–Crippen LogP) is 3.89. The molecule has 2 unspecified atom stereocenters. The van der Waals surface area contributed by atoms with Crippen LogP contribution in [0.2, 0.25) is 0 Å². The van der Waals surface area contributed by atoms with Gasteiger partial charge in [-0.15, -0.1) is 0 Å². The van der Waals surface area contributed by atoms with Crippen LogP contribution in [0, 0.1) is 5.92 Å². The maximum atomic E-state index is 13.4. The number of alkyl halides is 2. The first kappa shape index (κ1) is 20.7. The number of nitrogens with two attached hydrogens (primary N) is 1. The van der Waals surface area contributed by atoms with Crippen LogP contribution in [-0.4, -0.2) is 30.0 Å². The lowest BCUT2D eigenvalue weighted by atomic mass is 9.69. The lowest BCUT2D eigenvalue weighted by Gasteiger charge is -2.44. The number of hydrogen-bond acceptors (Lipinski definition) is 4. The van der Waals surface area contributed by atoms with E-state index in [9.17, 15) is 13.6 Å². The summed E-state index contributed by atoms with van der Waals surface area (Å²) in [5.41, 5.74) is 6.82. The lowest BCUT2D eigenvalue weighted by Crippen LogP contribution is -2.42. The van der Waals surface area contributed by atoms with E-state index in [0.29, 0.717) is 12.8 Å². The Balaban J connectivity index is 1.90. The zero-order chi connectivity index (χ0) is 20.4. The summed E-state index contributed by atoms with van der Waals surface area (Å²) in [4.78, 5) is 15.7. The van der Waals surface area contributed by atoms with E-state index in [1.54, 1.807) is 19.4 Å². The van der Waals surface area contributed by atoms with E-state index in [4.69, 9.17) is 10.5 Å². The number of primary amides is 1. The Bertz CT molecular complexity index is 743. The molecule has 2 saturated carbocycles. The van der Waals surface area contributed by atoms with Crippen molar-refractivity contribution >= 4 is 5.91 Å². The molecule has 0 aliphatic heterocycles. The molecule has 3 N–H and O–H groups in total. The number of amides is 1. The number of nitrogens with one attached hydrogen (secondary N) is 1. The first-order chi connectivity index (χ1) is 13.3. The first-order valence-electron chi connectivity index (χ1n) is 9.93. The van der Waals surface area contributed by atoms with Gasteiger partial charge in [0.1, 0.15) is 11.3 Å². The zero-order valence-electron chi connectivity index (χ0n) is 16.5. The highest BCUT2D eigenvalue weighted by Gasteiger charge is 2.44. The molecular weight excluding hydrogens is 364 g/mol. The molecule has 7 heteroatoms. The number of pyridine rings is 1. The third-order valence-electron chi connectivity index (χ3n) is 6.23. The molecule has 28 heavy (non-hydrogen) atoms. The Morgan fingerprint density at radius 3 is 2.71 bits per heavy atom. The normalized spacial score (nSPS) is 29.6. The standard InChI is InChI=1S/C21H29F2N3O2/c1-14-4-3-5-16(13-26-17-6-9-20(22,23)10-7-17)21(14,28-2)15-8-11-25-18(12-15)19(24)27/h8,11-14,17,26H,3-7,9-10H2,1-2H3,(H2,24,27)/b16-13+. The minimum atomic E-state index is -2.54. The number of hydrogen-bond donors (Lipinski definition) is 2. The number of halogens is 2. The summed E-state index contributed by atoms with van der Waals surface area (Å²) in [5, 5.41) is 3.36. The number of carbonyl (C=O) groups is 1. The quantitative estimate of drug-likeness (QED) is 0.796. The van der Waals surface area contributed by atoms with Gasteiger partial charge in [0.05, 0.1) is 0 Å². The van der Waals surface area contributed by atoms with Gasteiger partial charge in [-0.1, -0.05) is 6.92 Å². The Morgan fingerprint density at radius 2 is 2.07 bits per heavy atom. The van der Waals surface area contributed by atoms with Crippen molar-refractivity contribution in [2.75, 3.05) is 7.11 Å². The van der Waals surface area contributed by atoms with Crippen LogP contribution in [0.5, 0.6) is 0 Å². The smallest absolute Gasteiger partial charge is 0.267 e. The average molecular weight is 393 g/mol. The van der Waals surface area contributed by atoms with Crippen molar-refractivity contribution in [1.82, 2.24) is 10.3 Å². The summed E-state index contributed by atoms with van der Waals surface area (Å²) in [7, 11) is 1.67. The summed E-state index contributed by atoms with van der Waals surface area (Å²) < 4.78 is 32.9. The van der Waals surface area contributed by atoms with E-state index < -0.39 is 17.4 Å². The second kappa shape index (κ2) is 8.15. The van der Waals surface area contributed by atoms with Gasteiger partial charge < -0.3 is 15.8 Å². The van der Waals surface area contributed by atoms with Crippen molar-refractivity contribution in [3.05, 3.63) is 41.4 Å². The highest BCUT2D eigenvalue weighted by Crippen LogP contribution is 2.47. The average Bonchev–Trinajstić information content (AvgIpc) is 2.67. The Morgan fingerprint density at radius 1 is 1.36 bits per heavy atom. The molecule has 2 fully saturated rings. The summed E-state index contributed by atoms with van der Waals surface area (Å²) in [6.07, 6.45) is 7.12. The van der Waals surface area contributed by atoms with E-state index in [-0.39, 0.29) is 30.5 Å². The molecule has 1 aromatic rings. The van der Waals surface area contributed by atoms with Gasteiger partial charge in [0.25, 0.3) is 5.91 Å². The minimum absolute atomic E-state index is 0.0394. The Labute approximate surface area is 164 Å². The zero-order valence-corrected chi connectivity index (χ0v) is 16.5. The fourth-order valence-corrected chi connectivity index (χ4v) is 4.63. The van der Waals surface area contributed by atoms with E-state index in [1.807, 2.05) is 12.3 Å². The van der Waals surface area contributed by atoms with Crippen molar-refractivity contribution < 1.29 is 18.3 Å². The molecule has 0 bridgehead atoms. The molecule has 0 saturated heterocycles. The van der Waals surface area contributed by atoms with Crippen molar-refractivity contribution in [2.24, 2.45) is 11.7 Å². The van der Waals surface area contributed by atoms with Gasteiger partial charge in [-0.05, 0) is 67.5 Å². The van der Waals surface area contributed by atoms with Gasteiger partial charge in [-0.2, -0.15) is 0 Å². The largest absolute Gasteiger partial charge is 0.388 e. The number of carbonyl (C=O) groups excluding carboxylic acids is 1. The van der Waals surface area contributed by atoms with E-state index in [0.717, 1.165) is 30.4 Å². The van der Waals surface area contributed by atoms with Gasteiger partial charge in [0.15, 0.2) is 0 Å². The molecule has 2 aliphatic rings. The van der Waals surface area contributed by atoms with E-state index in [2.05, 4.69) is 17.2 Å². The van der Waals surface area contributed by atoms with Crippen LogP contribution in [0.25, 0.3) is 0 Å². The van der Waals surface area contributed by atoms with Gasteiger partial charge in [-0.25, -0.2) is 8.78 Å². The van der Waals surface area contributed by atoms with E-state index >= 15 is 0 Å².